The summed E-state index contributed by atoms with van der Waals surface area (Å²) < 4.78 is 32.0. The number of nitrogens with one attached hydrogen (secondary N) is 1. The Balaban J connectivity index is 4.00. The Morgan fingerprint density at radius 1 is 1.11 bits per heavy atom. The fourth-order valence-corrected chi connectivity index (χ4v) is 2.74. The minimum absolute atomic E-state index is 0.0736. The Morgan fingerprint density at radius 2 is 1.63 bits per heavy atom. The maximum absolute atomic E-state index is 11.9. The molecule has 0 aliphatic carbocycles. The average molecular weight is 293 g/mol. The fraction of sp³-hybridized carbons (Fsp3) is 1.00. The van der Waals surface area contributed by atoms with Crippen LogP contribution in [-0.2, 0) is 14.8 Å². The molecule has 0 radical (unpaired) electrons. The first-order chi connectivity index (χ1) is 8.33. The molecule has 116 valence electrons. The molecular formula is C14H31NO3S. The standard InChI is InChI=1S/C14H31NO3S/c1-12(14(5,6)7)15-19(16,17)10-8-9-18-11-13(2,3)4/h12,15H,8-11H2,1-7H3/t12-/m1/s1. The van der Waals surface area contributed by atoms with Gasteiger partial charge in [-0.3, -0.25) is 0 Å². The van der Waals surface area contributed by atoms with Crippen molar-refractivity contribution in [1.82, 2.24) is 4.72 Å². The summed E-state index contributed by atoms with van der Waals surface area (Å²) in [5, 5.41) is 0. The molecule has 0 saturated carbocycles. The molecule has 0 fully saturated rings. The quantitative estimate of drug-likeness (QED) is 0.734. The van der Waals surface area contributed by atoms with Crippen molar-refractivity contribution in [2.45, 2.75) is 60.9 Å². The summed E-state index contributed by atoms with van der Waals surface area (Å²) in [5.41, 5.74) is 0.0493. The summed E-state index contributed by atoms with van der Waals surface area (Å²) in [7, 11) is -3.21. The van der Waals surface area contributed by atoms with Crippen LogP contribution in [0.2, 0.25) is 0 Å². The van der Waals surface area contributed by atoms with Gasteiger partial charge in [-0.1, -0.05) is 41.5 Å². The molecule has 1 N–H and O–H groups in total. The zero-order valence-corrected chi connectivity index (χ0v) is 14.4. The second-order valence-corrected chi connectivity index (χ2v) is 9.36. The fourth-order valence-electron chi connectivity index (χ4n) is 1.23. The van der Waals surface area contributed by atoms with Gasteiger partial charge in [0.1, 0.15) is 0 Å². The van der Waals surface area contributed by atoms with E-state index in [9.17, 15) is 8.42 Å². The van der Waals surface area contributed by atoms with E-state index in [1.54, 1.807) is 0 Å². The van der Waals surface area contributed by atoms with Crippen LogP contribution in [0.25, 0.3) is 0 Å². The Kier molecular flexibility index (Phi) is 7.00. The van der Waals surface area contributed by atoms with Gasteiger partial charge in [-0.2, -0.15) is 0 Å². The van der Waals surface area contributed by atoms with Crippen LogP contribution in [-0.4, -0.2) is 33.4 Å². The summed E-state index contributed by atoms with van der Waals surface area (Å²) >= 11 is 0. The number of hydrogen-bond donors (Lipinski definition) is 1. The van der Waals surface area contributed by atoms with Crippen LogP contribution in [0.1, 0.15) is 54.9 Å². The van der Waals surface area contributed by atoms with Crippen LogP contribution in [0.3, 0.4) is 0 Å². The predicted octanol–water partition coefficient (Wildman–Crippen LogP) is 2.79. The largest absolute Gasteiger partial charge is 0.381 e. The van der Waals surface area contributed by atoms with Crippen molar-refractivity contribution < 1.29 is 13.2 Å². The van der Waals surface area contributed by atoms with E-state index < -0.39 is 10.0 Å². The molecule has 1 atom stereocenters. The molecule has 19 heavy (non-hydrogen) atoms. The van der Waals surface area contributed by atoms with Crippen molar-refractivity contribution >= 4 is 10.0 Å². The summed E-state index contributed by atoms with van der Waals surface area (Å²) in [6, 6.07) is -0.0759. The van der Waals surface area contributed by atoms with E-state index in [1.165, 1.54) is 0 Å². The maximum atomic E-state index is 11.9. The van der Waals surface area contributed by atoms with E-state index in [0.717, 1.165) is 0 Å². The van der Waals surface area contributed by atoms with Crippen LogP contribution in [0, 0.1) is 10.8 Å². The highest BCUT2D eigenvalue weighted by molar-refractivity contribution is 7.89. The zero-order chi connectivity index (χ0) is 15.3. The summed E-state index contributed by atoms with van der Waals surface area (Å²) in [5.74, 6) is 0.123. The van der Waals surface area contributed by atoms with E-state index in [1.807, 2.05) is 27.7 Å². The van der Waals surface area contributed by atoms with Gasteiger partial charge in [-0.25, -0.2) is 13.1 Å². The van der Waals surface area contributed by atoms with Crippen LogP contribution in [0.15, 0.2) is 0 Å². The van der Waals surface area contributed by atoms with Gasteiger partial charge in [0.15, 0.2) is 0 Å². The van der Waals surface area contributed by atoms with Gasteiger partial charge in [-0.05, 0) is 24.2 Å². The molecule has 0 aliphatic heterocycles. The SMILES string of the molecule is C[C@@H](NS(=O)(=O)CCCOCC(C)(C)C)C(C)(C)C. The van der Waals surface area contributed by atoms with Gasteiger partial charge < -0.3 is 4.74 Å². The Hall–Kier alpha value is -0.130. The van der Waals surface area contributed by atoms with Crippen molar-refractivity contribution in [3.05, 3.63) is 0 Å². The number of hydrogen-bond acceptors (Lipinski definition) is 3. The molecule has 0 spiro atoms. The third kappa shape index (κ3) is 10.3. The highest BCUT2D eigenvalue weighted by atomic mass is 32.2. The lowest BCUT2D eigenvalue weighted by Crippen LogP contribution is -2.42. The zero-order valence-electron chi connectivity index (χ0n) is 13.5. The van der Waals surface area contributed by atoms with Crippen molar-refractivity contribution in [3.8, 4) is 0 Å². The van der Waals surface area contributed by atoms with Crippen LogP contribution >= 0.6 is 0 Å². The van der Waals surface area contributed by atoms with E-state index in [-0.39, 0.29) is 22.6 Å². The van der Waals surface area contributed by atoms with Crippen molar-refractivity contribution in [1.29, 1.82) is 0 Å². The van der Waals surface area contributed by atoms with Crippen LogP contribution < -0.4 is 4.72 Å². The Labute approximate surface area is 119 Å². The van der Waals surface area contributed by atoms with Gasteiger partial charge in [0.25, 0.3) is 0 Å². The number of rotatable bonds is 7. The van der Waals surface area contributed by atoms with Crippen molar-refractivity contribution in [3.63, 3.8) is 0 Å². The third-order valence-electron chi connectivity index (χ3n) is 2.89. The average Bonchev–Trinajstić information content (AvgIpc) is 2.12. The maximum Gasteiger partial charge on any atom is 0.211 e. The van der Waals surface area contributed by atoms with E-state index in [0.29, 0.717) is 19.6 Å². The van der Waals surface area contributed by atoms with Gasteiger partial charge in [0.2, 0.25) is 10.0 Å². The molecule has 0 heterocycles. The van der Waals surface area contributed by atoms with Gasteiger partial charge in [0, 0.05) is 12.6 Å². The minimum atomic E-state index is -3.21. The van der Waals surface area contributed by atoms with Crippen LogP contribution in [0.5, 0.6) is 0 Å². The number of sulfonamides is 1. The third-order valence-corrected chi connectivity index (χ3v) is 4.43. The topological polar surface area (TPSA) is 55.4 Å². The van der Waals surface area contributed by atoms with Crippen molar-refractivity contribution in [2.75, 3.05) is 19.0 Å². The molecule has 0 aromatic carbocycles. The van der Waals surface area contributed by atoms with E-state index >= 15 is 0 Å². The van der Waals surface area contributed by atoms with Gasteiger partial charge in [0.05, 0.1) is 12.4 Å². The molecule has 0 saturated heterocycles. The molecule has 0 aromatic rings. The van der Waals surface area contributed by atoms with E-state index in [4.69, 9.17) is 4.74 Å². The second kappa shape index (κ2) is 7.04. The molecule has 4 nitrogen and oxygen atoms in total. The monoisotopic (exact) mass is 293 g/mol. The summed E-state index contributed by atoms with van der Waals surface area (Å²) in [6.45, 7) is 15.4. The lowest BCUT2D eigenvalue weighted by Gasteiger charge is -2.27. The smallest absolute Gasteiger partial charge is 0.211 e. The highest BCUT2D eigenvalue weighted by Crippen LogP contribution is 2.19. The first-order valence-corrected chi connectivity index (χ1v) is 8.56. The molecular weight excluding hydrogens is 262 g/mol. The molecule has 0 rings (SSSR count). The molecule has 5 heteroatoms. The molecule has 0 aliphatic rings. The lowest BCUT2D eigenvalue weighted by atomic mass is 9.89. The van der Waals surface area contributed by atoms with Crippen molar-refractivity contribution in [2.24, 2.45) is 10.8 Å². The second-order valence-electron chi connectivity index (χ2n) is 7.49. The van der Waals surface area contributed by atoms with E-state index in [2.05, 4.69) is 25.5 Å². The summed E-state index contributed by atoms with van der Waals surface area (Å²) in [4.78, 5) is 0. The normalized spacial score (nSPS) is 15.5. The lowest BCUT2D eigenvalue weighted by molar-refractivity contribution is 0.0720. The number of ether oxygens (including phenoxy) is 1. The minimum Gasteiger partial charge on any atom is -0.381 e. The highest BCUT2D eigenvalue weighted by Gasteiger charge is 2.24. The Morgan fingerprint density at radius 3 is 2.05 bits per heavy atom. The van der Waals surface area contributed by atoms with Crippen LogP contribution in [0.4, 0.5) is 0 Å². The first-order valence-electron chi connectivity index (χ1n) is 6.91. The Bertz CT molecular complexity index is 350. The molecule has 0 amide bonds. The summed E-state index contributed by atoms with van der Waals surface area (Å²) in [6.07, 6.45) is 0.530. The molecule has 0 unspecified atom stereocenters. The van der Waals surface area contributed by atoms with Gasteiger partial charge >= 0.3 is 0 Å². The first kappa shape index (κ1) is 18.9. The van der Waals surface area contributed by atoms with Gasteiger partial charge in [-0.15, -0.1) is 0 Å². The molecule has 0 bridgehead atoms. The predicted molar refractivity (Wildman–Crippen MR) is 80.7 cm³/mol. The molecule has 0 aromatic heterocycles.